The Bertz CT molecular complexity index is 479. The molecule has 0 spiro atoms. The van der Waals surface area contributed by atoms with Crippen LogP contribution in [0.2, 0.25) is 0 Å². The fraction of sp³-hybridized carbons (Fsp3) is 0.333. The molecule has 0 bridgehead atoms. The first-order valence-electron chi connectivity index (χ1n) is 5.34. The average Bonchev–Trinajstić information content (AvgIpc) is 2.74. The van der Waals surface area contributed by atoms with Crippen LogP contribution in [0.25, 0.3) is 0 Å². The van der Waals surface area contributed by atoms with Crippen LogP contribution in [0.5, 0.6) is 5.75 Å². The van der Waals surface area contributed by atoms with Gasteiger partial charge in [0.05, 0.1) is 24.4 Å². The van der Waals surface area contributed by atoms with Crippen LogP contribution < -0.4 is 15.4 Å². The fourth-order valence-electron chi connectivity index (χ4n) is 1.79. The van der Waals surface area contributed by atoms with E-state index in [1.807, 2.05) is 0 Å². The van der Waals surface area contributed by atoms with E-state index < -0.39 is 0 Å². The minimum atomic E-state index is 0.0294. The second-order valence-corrected chi connectivity index (χ2v) is 3.87. The van der Waals surface area contributed by atoms with E-state index in [9.17, 15) is 4.79 Å². The Kier molecular flexibility index (Phi) is 3.15. The van der Waals surface area contributed by atoms with E-state index in [0.29, 0.717) is 30.0 Å². The van der Waals surface area contributed by atoms with Gasteiger partial charge in [-0.05, 0) is 12.1 Å². The molecule has 1 fully saturated rings. The SMILES string of the molecule is COc1ccc(C#N)c(NC2CNC(=O)C2)c1. The standard InChI is InChI=1S/C12H13N3O2/c1-17-10-3-2-8(6-13)11(5-10)15-9-4-12(16)14-7-9/h2-3,5,9,15H,4,7H2,1H3,(H,14,16). The predicted octanol–water partition coefficient (Wildman–Crippen LogP) is 0.867. The zero-order chi connectivity index (χ0) is 12.3. The quantitative estimate of drug-likeness (QED) is 0.809. The van der Waals surface area contributed by atoms with E-state index in [1.54, 1.807) is 25.3 Å². The number of nitriles is 1. The van der Waals surface area contributed by atoms with Crippen molar-refractivity contribution < 1.29 is 9.53 Å². The molecule has 5 heteroatoms. The van der Waals surface area contributed by atoms with Gasteiger partial charge in [-0.3, -0.25) is 4.79 Å². The number of carbonyl (C=O) groups excluding carboxylic acids is 1. The Hall–Kier alpha value is -2.22. The molecule has 1 heterocycles. The van der Waals surface area contributed by atoms with Crippen LogP contribution in [0, 0.1) is 11.3 Å². The molecule has 0 saturated carbocycles. The van der Waals surface area contributed by atoms with Crippen LogP contribution in [-0.2, 0) is 4.79 Å². The number of carbonyl (C=O) groups is 1. The van der Waals surface area contributed by atoms with Crippen molar-refractivity contribution in [3.8, 4) is 11.8 Å². The van der Waals surface area contributed by atoms with Crippen LogP contribution in [0.1, 0.15) is 12.0 Å². The summed E-state index contributed by atoms with van der Waals surface area (Å²) in [5.41, 5.74) is 1.25. The molecule has 1 unspecified atom stereocenters. The van der Waals surface area contributed by atoms with E-state index in [-0.39, 0.29) is 11.9 Å². The van der Waals surface area contributed by atoms with Crippen LogP contribution in [-0.4, -0.2) is 25.6 Å². The minimum Gasteiger partial charge on any atom is -0.497 e. The van der Waals surface area contributed by atoms with Crippen molar-refractivity contribution in [3.05, 3.63) is 23.8 Å². The third-order valence-electron chi connectivity index (χ3n) is 2.68. The first kappa shape index (κ1) is 11.3. The molecule has 1 aliphatic rings. The molecule has 0 aliphatic carbocycles. The second kappa shape index (κ2) is 4.74. The van der Waals surface area contributed by atoms with E-state index in [1.165, 1.54) is 0 Å². The van der Waals surface area contributed by atoms with Gasteiger partial charge in [-0.2, -0.15) is 5.26 Å². The summed E-state index contributed by atoms with van der Waals surface area (Å²) in [5.74, 6) is 0.715. The highest BCUT2D eigenvalue weighted by Gasteiger charge is 2.21. The number of amides is 1. The zero-order valence-corrected chi connectivity index (χ0v) is 9.49. The number of hydrogen-bond acceptors (Lipinski definition) is 4. The molecule has 1 amide bonds. The fourth-order valence-corrected chi connectivity index (χ4v) is 1.79. The van der Waals surface area contributed by atoms with E-state index in [4.69, 9.17) is 10.00 Å². The highest BCUT2D eigenvalue weighted by atomic mass is 16.5. The third kappa shape index (κ3) is 2.48. The lowest BCUT2D eigenvalue weighted by Crippen LogP contribution is -2.22. The van der Waals surface area contributed by atoms with Crippen LogP contribution in [0.15, 0.2) is 18.2 Å². The molecule has 5 nitrogen and oxygen atoms in total. The number of anilines is 1. The molecule has 1 atom stereocenters. The summed E-state index contributed by atoms with van der Waals surface area (Å²) < 4.78 is 5.11. The van der Waals surface area contributed by atoms with Crippen molar-refractivity contribution in [2.24, 2.45) is 0 Å². The van der Waals surface area contributed by atoms with Crippen molar-refractivity contribution in [2.75, 3.05) is 19.0 Å². The summed E-state index contributed by atoms with van der Waals surface area (Å²) in [6.45, 7) is 0.584. The van der Waals surface area contributed by atoms with E-state index in [2.05, 4.69) is 16.7 Å². The molecule has 0 aromatic heterocycles. The van der Waals surface area contributed by atoms with E-state index in [0.717, 1.165) is 0 Å². The Morgan fingerprint density at radius 2 is 2.41 bits per heavy atom. The van der Waals surface area contributed by atoms with Crippen LogP contribution in [0.3, 0.4) is 0 Å². The monoisotopic (exact) mass is 231 g/mol. The first-order valence-corrected chi connectivity index (χ1v) is 5.34. The molecular weight excluding hydrogens is 218 g/mol. The van der Waals surface area contributed by atoms with Gasteiger partial charge < -0.3 is 15.4 Å². The van der Waals surface area contributed by atoms with Gasteiger partial charge in [-0.15, -0.1) is 0 Å². The van der Waals surface area contributed by atoms with Crippen molar-refractivity contribution in [1.82, 2.24) is 5.32 Å². The molecule has 17 heavy (non-hydrogen) atoms. The van der Waals surface area contributed by atoms with Gasteiger partial charge in [0.2, 0.25) is 5.91 Å². The number of ether oxygens (including phenoxy) is 1. The Morgan fingerprint density at radius 1 is 1.59 bits per heavy atom. The number of rotatable bonds is 3. The van der Waals surface area contributed by atoms with Gasteiger partial charge in [0.1, 0.15) is 11.8 Å². The minimum absolute atomic E-state index is 0.0294. The Morgan fingerprint density at radius 3 is 3.00 bits per heavy atom. The lowest BCUT2D eigenvalue weighted by molar-refractivity contribution is -0.119. The maximum absolute atomic E-state index is 11.1. The number of methoxy groups -OCH3 is 1. The molecule has 0 radical (unpaired) electrons. The largest absolute Gasteiger partial charge is 0.497 e. The Balaban J connectivity index is 2.18. The molecule has 2 N–H and O–H groups in total. The lowest BCUT2D eigenvalue weighted by Gasteiger charge is -2.14. The van der Waals surface area contributed by atoms with E-state index >= 15 is 0 Å². The summed E-state index contributed by atoms with van der Waals surface area (Å²) in [4.78, 5) is 11.1. The summed E-state index contributed by atoms with van der Waals surface area (Å²) in [7, 11) is 1.58. The van der Waals surface area contributed by atoms with Crippen molar-refractivity contribution in [3.63, 3.8) is 0 Å². The Labute approximate surface area is 99.4 Å². The molecular formula is C12H13N3O2. The second-order valence-electron chi connectivity index (χ2n) is 3.87. The highest BCUT2D eigenvalue weighted by molar-refractivity contribution is 5.80. The number of nitrogens with zero attached hydrogens (tertiary/aromatic N) is 1. The normalized spacial score (nSPS) is 18.4. The third-order valence-corrected chi connectivity index (χ3v) is 2.68. The summed E-state index contributed by atoms with van der Waals surface area (Å²) in [6.07, 6.45) is 0.433. The van der Waals surface area contributed by atoms with Gasteiger partial charge in [0.25, 0.3) is 0 Å². The number of hydrogen-bond donors (Lipinski definition) is 2. The van der Waals surface area contributed by atoms with Crippen LogP contribution in [0.4, 0.5) is 5.69 Å². The predicted molar refractivity (Wildman–Crippen MR) is 62.7 cm³/mol. The molecule has 88 valence electrons. The molecule has 1 aliphatic heterocycles. The van der Waals surface area contributed by atoms with Gasteiger partial charge in [0, 0.05) is 19.0 Å². The van der Waals surface area contributed by atoms with Gasteiger partial charge in [-0.25, -0.2) is 0 Å². The summed E-state index contributed by atoms with van der Waals surface area (Å²) in [5, 5.41) is 14.9. The number of nitrogens with one attached hydrogen (secondary N) is 2. The summed E-state index contributed by atoms with van der Waals surface area (Å²) in [6, 6.07) is 7.34. The topological polar surface area (TPSA) is 74.2 Å². The maximum Gasteiger partial charge on any atom is 0.222 e. The van der Waals surface area contributed by atoms with Gasteiger partial charge in [-0.1, -0.05) is 0 Å². The average molecular weight is 231 g/mol. The first-order chi connectivity index (χ1) is 8.22. The van der Waals surface area contributed by atoms with Crippen molar-refractivity contribution in [1.29, 1.82) is 5.26 Å². The smallest absolute Gasteiger partial charge is 0.222 e. The summed E-state index contributed by atoms with van der Waals surface area (Å²) >= 11 is 0. The molecule has 2 rings (SSSR count). The van der Waals surface area contributed by atoms with Crippen molar-refractivity contribution >= 4 is 11.6 Å². The van der Waals surface area contributed by atoms with Gasteiger partial charge in [0.15, 0.2) is 0 Å². The maximum atomic E-state index is 11.1. The van der Waals surface area contributed by atoms with Crippen LogP contribution >= 0.6 is 0 Å². The highest BCUT2D eigenvalue weighted by Crippen LogP contribution is 2.23. The molecule has 1 aromatic rings. The molecule has 1 saturated heterocycles. The number of benzene rings is 1. The van der Waals surface area contributed by atoms with Crippen molar-refractivity contribution in [2.45, 2.75) is 12.5 Å². The zero-order valence-electron chi connectivity index (χ0n) is 9.49. The molecule has 1 aromatic carbocycles. The lowest BCUT2D eigenvalue weighted by atomic mass is 10.1. The van der Waals surface area contributed by atoms with Gasteiger partial charge >= 0.3 is 0 Å².